The van der Waals surface area contributed by atoms with Gasteiger partial charge in [0.05, 0.1) is 37.0 Å². The average molecular weight is 666 g/mol. The summed E-state index contributed by atoms with van der Waals surface area (Å²) in [5.41, 5.74) is 1.05. The van der Waals surface area contributed by atoms with Gasteiger partial charge in [0.15, 0.2) is 12.1 Å². The van der Waals surface area contributed by atoms with E-state index in [4.69, 9.17) is 30.8 Å². The lowest BCUT2D eigenvalue weighted by atomic mass is 9.93. The highest BCUT2D eigenvalue weighted by atomic mass is 35.5. The molecule has 3 aliphatic rings. The number of aldehydes is 1. The zero-order valence-corrected chi connectivity index (χ0v) is 28.1. The minimum atomic E-state index is -0.752. The van der Waals surface area contributed by atoms with E-state index in [0.717, 1.165) is 0 Å². The fourth-order valence-corrected chi connectivity index (χ4v) is 7.04. The molecule has 1 fully saturated rings. The molecule has 0 aliphatic carbocycles. The van der Waals surface area contributed by atoms with Crippen molar-refractivity contribution in [2.75, 3.05) is 57.2 Å². The van der Waals surface area contributed by atoms with Gasteiger partial charge in [0.2, 0.25) is 5.88 Å². The number of pyridine rings is 1. The molecule has 11 nitrogen and oxygen atoms in total. The Morgan fingerprint density at radius 1 is 1.21 bits per heavy atom. The Balaban J connectivity index is 1.60. The standard InChI is InChI=1S/C34H37ClFN5O6/c1-18-12-40-23(15-39(18)33(44)47-34(2,3)4)24(17-43)41-14-20(13-38(5)6)46-32-31(41)30(40)21-11-22(35)27(28(36)29(21)37-32)26-19(16-42)9-8-10-25(26)45-7/h8-11,16,18,20,23H,12-15H2,1-7H3/t18-,20-,23-/m1/s1. The molecule has 6 rings (SSSR count). The van der Waals surface area contributed by atoms with Gasteiger partial charge in [-0.3, -0.25) is 4.79 Å². The van der Waals surface area contributed by atoms with Crippen molar-refractivity contribution in [2.24, 2.45) is 0 Å². The maximum Gasteiger partial charge on any atom is 0.410 e. The van der Waals surface area contributed by atoms with Crippen LogP contribution in [0.5, 0.6) is 11.6 Å². The van der Waals surface area contributed by atoms with E-state index in [9.17, 15) is 14.4 Å². The molecule has 0 N–H and O–H groups in total. The summed E-state index contributed by atoms with van der Waals surface area (Å²) >= 11 is 6.89. The van der Waals surface area contributed by atoms with Gasteiger partial charge >= 0.3 is 6.09 Å². The number of likely N-dealkylation sites (N-methyl/N-ethyl adjacent to an activating group) is 1. The Bertz CT molecular complexity index is 1840. The summed E-state index contributed by atoms with van der Waals surface area (Å²) in [5.74, 6) is 1.83. The van der Waals surface area contributed by atoms with Crippen molar-refractivity contribution in [3.63, 3.8) is 0 Å². The lowest BCUT2D eigenvalue weighted by molar-refractivity contribution is 0.0133. The molecule has 13 heteroatoms. The largest absolute Gasteiger partial charge is 0.496 e. The summed E-state index contributed by atoms with van der Waals surface area (Å²) in [6, 6.07) is 5.49. The number of aromatic nitrogens is 1. The third-order valence-corrected chi connectivity index (χ3v) is 8.91. The number of amides is 1. The van der Waals surface area contributed by atoms with Crippen LogP contribution in [0.3, 0.4) is 0 Å². The van der Waals surface area contributed by atoms with E-state index in [2.05, 4.69) is 5.94 Å². The minimum Gasteiger partial charge on any atom is -0.496 e. The number of hydrogen-bond acceptors (Lipinski definition) is 10. The van der Waals surface area contributed by atoms with Crippen molar-refractivity contribution in [1.29, 1.82) is 0 Å². The molecule has 0 saturated carbocycles. The molecular weight excluding hydrogens is 629 g/mol. The van der Waals surface area contributed by atoms with Crippen LogP contribution in [0.25, 0.3) is 22.0 Å². The molecule has 3 aromatic rings. The summed E-state index contributed by atoms with van der Waals surface area (Å²) < 4.78 is 34.6. The van der Waals surface area contributed by atoms with Crippen molar-refractivity contribution >= 4 is 52.2 Å². The number of nitrogens with zero attached hydrogens (tertiary/aromatic N) is 5. The van der Waals surface area contributed by atoms with Crippen LogP contribution in [0.15, 0.2) is 30.0 Å². The van der Waals surface area contributed by atoms with Crippen LogP contribution in [-0.2, 0) is 9.53 Å². The van der Waals surface area contributed by atoms with E-state index >= 15 is 4.39 Å². The van der Waals surface area contributed by atoms with Gasteiger partial charge in [0.25, 0.3) is 0 Å². The molecule has 1 aromatic heterocycles. The average Bonchev–Trinajstić information content (AvgIpc) is 3.00. The second kappa shape index (κ2) is 12.0. The van der Waals surface area contributed by atoms with Gasteiger partial charge in [-0.15, -0.1) is 0 Å². The molecule has 0 radical (unpaired) electrons. The van der Waals surface area contributed by atoms with Crippen LogP contribution in [0, 0.1) is 5.82 Å². The van der Waals surface area contributed by atoms with Gasteiger partial charge < -0.3 is 33.8 Å². The van der Waals surface area contributed by atoms with Crippen LogP contribution in [-0.4, -0.2) is 104 Å². The lowest BCUT2D eigenvalue weighted by Gasteiger charge is -2.53. The summed E-state index contributed by atoms with van der Waals surface area (Å²) in [5, 5.41) is 0.438. The first kappa shape index (κ1) is 32.6. The van der Waals surface area contributed by atoms with Gasteiger partial charge in [-0.05, 0) is 53.9 Å². The van der Waals surface area contributed by atoms with Crippen molar-refractivity contribution in [1.82, 2.24) is 14.8 Å². The molecule has 248 valence electrons. The monoisotopic (exact) mass is 665 g/mol. The van der Waals surface area contributed by atoms with Crippen molar-refractivity contribution in [2.45, 2.75) is 51.5 Å². The predicted octanol–water partition coefficient (Wildman–Crippen LogP) is 5.19. The number of hydrogen-bond donors (Lipinski definition) is 0. The Labute approximate surface area is 277 Å². The Morgan fingerprint density at radius 3 is 2.60 bits per heavy atom. The second-order valence-corrected chi connectivity index (χ2v) is 13.8. The smallest absolute Gasteiger partial charge is 0.410 e. The number of carbonyl (C=O) groups is 2. The number of rotatable bonds is 5. The van der Waals surface area contributed by atoms with Gasteiger partial charge in [-0.2, -0.15) is 0 Å². The highest BCUT2D eigenvalue weighted by molar-refractivity contribution is 6.35. The van der Waals surface area contributed by atoms with Gasteiger partial charge in [-0.25, -0.2) is 19.0 Å². The fourth-order valence-electron chi connectivity index (χ4n) is 6.76. The topological polar surface area (TPSA) is 105 Å². The number of carbonyl (C=O) groups excluding carboxylic acids is 3. The molecule has 3 atom stereocenters. The molecule has 3 aliphatic heterocycles. The Hall–Kier alpha value is -4.38. The number of methoxy groups -OCH3 is 1. The minimum absolute atomic E-state index is 0.0223. The molecule has 0 bridgehead atoms. The zero-order valence-electron chi connectivity index (χ0n) is 27.4. The molecule has 0 unspecified atom stereocenters. The third kappa shape index (κ3) is 5.54. The second-order valence-electron chi connectivity index (χ2n) is 13.3. The highest BCUT2D eigenvalue weighted by Gasteiger charge is 2.48. The van der Waals surface area contributed by atoms with Crippen LogP contribution < -0.4 is 19.3 Å². The molecule has 0 spiro atoms. The zero-order chi connectivity index (χ0) is 33.9. The summed E-state index contributed by atoms with van der Waals surface area (Å²) in [6.45, 7) is 8.51. The fraction of sp³-hybridized carbons (Fsp3) is 0.441. The van der Waals surface area contributed by atoms with E-state index in [1.807, 2.05) is 35.7 Å². The van der Waals surface area contributed by atoms with Crippen molar-refractivity contribution in [3.8, 4) is 22.8 Å². The van der Waals surface area contributed by atoms with E-state index in [-0.39, 0.29) is 51.4 Å². The van der Waals surface area contributed by atoms with Crippen LogP contribution in [0.2, 0.25) is 5.02 Å². The first-order valence-corrected chi connectivity index (χ1v) is 15.7. The van der Waals surface area contributed by atoms with Crippen molar-refractivity contribution < 1.29 is 33.0 Å². The third-order valence-electron chi connectivity index (χ3n) is 8.61. The van der Waals surface area contributed by atoms with Crippen molar-refractivity contribution in [3.05, 3.63) is 46.4 Å². The lowest BCUT2D eigenvalue weighted by Crippen LogP contribution is -2.64. The first-order valence-electron chi connectivity index (χ1n) is 15.4. The number of piperazine rings is 1. The SMILES string of the molecule is COc1cccc(C=O)c1-c1c(Cl)cc2c3c4c(nc2c1F)O[C@H](CN(C)C)CN4C(=C=O)[C@H]1CN(C(=O)OC(C)(C)C)[C@H](C)CN31. The quantitative estimate of drug-likeness (QED) is 0.267. The maximum absolute atomic E-state index is 17.0. The van der Waals surface area contributed by atoms with Gasteiger partial charge in [0.1, 0.15) is 40.3 Å². The van der Waals surface area contributed by atoms with E-state index in [1.54, 1.807) is 49.9 Å². The maximum atomic E-state index is 17.0. The van der Waals surface area contributed by atoms with Gasteiger partial charge in [0, 0.05) is 41.2 Å². The molecule has 2 aromatic carbocycles. The molecule has 1 amide bonds. The van der Waals surface area contributed by atoms with Gasteiger partial charge in [-0.1, -0.05) is 23.7 Å². The molecule has 1 saturated heterocycles. The summed E-state index contributed by atoms with van der Waals surface area (Å²) in [4.78, 5) is 50.3. The Kier molecular flexibility index (Phi) is 8.32. The number of ether oxygens (including phenoxy) is 3. The highest BCUT2D eigenvalue weighted by Crippen LogP contribution is 2.53. The van der Waals surface area contributed by atoms with Crippen LogP contribution in [0.4, 0.5) is 20.6 Å². The summed E-state index contributed by atoms with van der Waals surface area (Å²) in [6.07, 6.45) is -0.298. The first-order chi connectivity index (χ1) is 22.3. The molecular formula is C34H37ClFN5O6. The number of benzene rings is 2. The molecule has 4 heterocycles. The van der Waals surface area contributed by atoms with E-state index < -0.39 is 29.7 Å². The number of anilines is 2. The number of fused-ring (bicyclic) bond motifs is 4. The van der Waals surface area contributed by atoms with Crippen LogP contribution in [0.1, 0.15) is 38.1 Å². The number of halogens is 2. The Morgan fingerprint density at radius 2 is 1.96 bits per heavy atom. The summed E-state index contributed by atoms with van der Waals surface area (Å²) in [7, 11) is 5.24. The van der Waals surface area contributed by atoms with E-state index in [0.29, 0.717) is 48.4 Å². The molecule has 47 heavy (non-hydrogen) atoms. The van der Waals surface area contributed by atoms with Crippen LogP contribution >= 0.6 is 11.6 Å². The van der Waals surface area contributed by atoms with E-state index in [1.165, 1.54) is 7.11 Å². The normalized spacial score (nSPS) is 20.4. The predicted molar refractivity (Wildman–Crippen MR) is 177 cm³/mol.